The summed E-state index contributed by atoms with van der Waals surface area (Å²) in [6.45, 7) is 6.56. The summed E-state index contributed by atoms with van der Waals surface area (Å²) in [5.41, 5.74) is 7.41. The molecule has 1 aromatic carbocycles. The van der Waals surface area contributed by atoms with E-state index in [4.69, 9.17) is 10.5 Å². The van der Waals surface area contributed by atoms with Crippen LogP contribution in [0.1, 0.15) is 26.8 Å². The van der Waals surface area contributed by atoms with Gasteiger partial charge in [-0.15, -0.1) is 5.10 Å². The first-order chi connectivity index (χ1) is 8.63. The summed E-state index contributed by atoms with van der Waals surface area (Å²) >= 11 is 0. The topological polar surface area (TPSA) is 78.9 Å². The highest BCUT2D eigenvalue weighted by Gasteiger charge is 2.12. The largest absolute Gasteiger partial charge is 0.492 e. The average molecular weight is 247 g/mol. The number of nitrogens with two attached hydrogens (primary N) is 1. The minimum Gasteiger partial charge on any atom is -0.492 e. The van der Waals surface area contributed by atoms with Gasteiger partial charge in [0.25, 0.3) is 0 Å². The number of benzene rings is 1. The van der Waals surface area contributed by atoms with Crippen molar-refractivity contribution >= 4 is 5.69 Å². The molecule has 0 atom stereocenters. The molecule has 2 aromatic rings. The second-order valence-corrected chi connectivity index (χ2v) is 4.23. The molecule has 0 aliphatic heterocycles. The molecule has 0 amide bonds. The van der Waals surface area contributed by atoms with Crippen LogP contribution in [0.4, 0.5) is 5.69 Å². The fourth-order valence-electron chi connectivity index (χ4n) is 1.71. The molecule has 1 aromatic heterocycles. The molecule has 0 aliphatic carbocycles. The van der Waals surface area contributed by atoms with Gasteiger partial charge in [-0.25, -0.2) is 4.68 Å². The van der Waals surface area contributed by atoms with Crippen LogP contribution in [-0.2, 0) is 0 Å². The summed E-state index contributed by atoms with van der Waals surface area (Å²) in [6, 6.07) is 5.78. The van der Waals surface area contributed by atoms with Gasteiger partial charge in [0.05, 0.1) is 18.3 Å². The van der Waals surface area contributed by atoms with Crippen molar-refractivity contribution in [3.8, 4) is 17.1 Å². The van der Waals surface area contributed by atoms with Gasteiger partial charge in [-0.05, 0) is 49.4 Å². The molecule has 0 saturated heterocycles. The number of hydrogen-bond donors (Lipinski definition) is 1. The SMILES string of the molecule is CCOc1ccc(-c2nnnn2C(C)C)cc1N. The minimum atomic E-state index is 0.197. The second-order valence-electron chi connectivity index (χ2n) is 4.23. The van der Waals surface area contributed by atoms with Crippen LogP contribution < -0.4 is 10.5 Å². The molecule has 0 unspecified atom stereocenters. The quantitative estimate of drug-likeness (QED) is 0.835. The predicted octanol–water partition coefficient (Wildman–Crippen LogP) is 1.90. The minimum absolute atomic E-state index is 0.197. The predicted molar refractivity (Wildman–Crippen MR) is 69.2 cm³/mol. The zero-order valence-corrected chi connectivity index (χ0v) is 10.8. The highest BCUT2D eigenvalue weighted by molar-refractivity contribution is 5.66. The Morgan fingerprint density at radius 2 is 2.17 bits per heavy atom. The highest BCUT2D eigenvalue weighted by Crippen LogP contribution is 2.28. The monoisotopic (exact) mass is 247 g/mol. The van der Waals surface area contributed by atoms with Gasteiger partial charge < -0.3 is 10.5 Å². The van der Waals surface area contributed by atoms with Crippen LogP contribution in [0, 0.1) is 0 Å². The second kappa shape index (κ2) is 5.03. The fourth-order valence-corrected chi connectivity index (χ4v) is 1.71. The van der Waals surface area contributed by atoms with Crippen molar-refractivity contribution < 1.29 is 4.74 Å². The Balaban J connectivity index is 2.39. The van der Waals surface area contributed by atoms with E-state index in [9.17, 15) is 0 Å². The third-order valence-corrected chi connectivity index (χ3v) is 2.55. The van der Waals surface area contributed by atoms with Crippen molar-refractivity contribution in [2.45, 2.75) is 26.8 Å². The number of hydrogen-bond acceptors (Lipinski definition) is 5. The van der Waals surface area contributed by atoms with Crippen LogP contribution in [-0.4, -0.2) is 26.8 Å². The molecule has 0 spiro atoms. The van der Waals surface area contributed by atoms with Gasteiger partial charge >= 0.3 is 0 Å². The molecule has 0 aliphatic rings. The first-order valence-corrected chi connectivity index (χ1v) is 5.94. The molecule has 18 heavy (non-hydrogen) atoms. The summed E-state index contributed by atoms with van der Waals surface area (Å²) in [5.74, 6) is 1.39. The first kappa shape index (κ1) is 12.3. The smallest absolute Gasteiger partial charge is 0.182 e. The summed E-state index contributed by atoms with van der Waals surface area (Å²) in [5, 5.41) is 11.7. The maximum Gasteiger partial charge on any atom is 0.182 e. The van der Waals surface area contributed by atoms with E-state index in [0.717, 1.165) is 5.56 Å². The molecule has 0 bridgehead atoms. The zero-order valence-electron chi connectivity index (χ0n) is 10.8. The Morgan fingerprint density at radius 1 is 1.39 bits per heavy atom. The summed E-state index contributed by atoms with van der Waals surface area (Å²) in [7, 11) is 0. The molecule has 96 valence electrons. The van der Waals surface area contributed by atoms with Crippen molar-refractivity contribution in [3.63, 3.8) is 0 Å². The third kappa shape index (κ3) is 2.27. The number of aromatic nitrogens is 4. The lowest BCUT2D eigenvalue weighted by Gasteiger charge is -2.10. The van der Waals surface area contributed by atoms with Gasteiger partial charge in [0, 0.05) is 5.56 Å². The standard InChI is InChI=1S/C12H17N5O/c1-4-18-11-6-5-9(7-10(11)13)12-14-15-16-17(12)8(2)3/h5-8H,4,13H2,1-3H3. The molecule has 0 fully saturated rings. The number of rotatable bonds is 4. The number of tetrazole rings is 1. The Morgan fingerprint density at radius 3 is 2.78 bits per heavy atom. The van der Waals surface area contributed by atoms with Crippen molar-refractivity contribution in [1.29, 1.82) is 0 Å². The Kier molecular flexibility index (Phi) is 3.45. The van der Waals surface area contributed by atoms with Gasteiger partial charge in [-0.3, -0.25) is 0 Å². The van der Waals surface area contributed by atoms with E-state index in [-0.39, 0.29) is 6.04 Å². The molecule has 0 saturated carbocycles. The molecule has 2 N–H and O–H groups in total. The lowest BCUT2D eigenvalue weighted by molar-refractivity contribution is 0.342. The molecule has 6 heteroatoms. The normalized spacial score (nSPS) is 10.9. The lowest BCUT2D eigenvalue weighted by atomic mass is 10.1. The van der Waals surface area contributed by atoms with E-state index < -0.39 is 0 Å². The number of anilines is 1. The van der Waals surface area contributed by atoms with Crippen molar-refractivity contribution in [1.82, 2.24) is 20.2 Å². The Hall–Kier alpha value is -2.11. The van der Waals surface area contributed by atoms with E-state index >= 15 is 0 Å². The van der Waals surface area contributed by atoms with Gasteiger partial charge in [0.15, 0.2) is 5.82 Å². The highest BCUT2D eigenvalue weighted by atomic mass is 16.5. The summed E-state index contributed by atoms with van der Waals surface area (Å²) in [4.78, 5) is 0. The van der Waals surface area contributed by atoms with E-state index in [1.165, 1.54) is 0 Å². The zero-order chi connectivity index (χ0) is 13.1. The van der Waals surface area contributed by atoms with Crippen LogP contribution in [0.5, 0.6) is 5.75 Å². The molecular weight excluding hydrogens is 230 g/mol. The van der Waals surface area contributed by atoms with E-state index in [2.05, 4.69) is 15.5 Å². The van der Waals surface area contributed by atoms with Crippen LogP contribution in [0.3, 0.4) is 0 Å². The maximum atomic E-state index is 5.94. The Bertz CT molecular complexity index is 535. The van der Waals surface area contributed by atoms with E-state index in [1.807, 2.05) is 39.0 Å². The molecule has 1 heterocycles. The van der Waals surface area contributed by atoms with Gasteiger partial charge in [-0.2, -0.15) is 0 Å². The first-order valence-electron chi connectivity index (χ1n) is 5.94. The lowest BCUT2D eigenvalue weighted by Crippen LogP contribution is -2.05. The van der Waals surface area contributed by atoms with Gasteiger partial charge in [-0.1, -0.05) is 0 Å². The average Bonchev–Trinajstić information content (AvgIpc) is 2.81. The number of ether oxygens (including phenoxy) is 1. The van der Waals surface area contributed by atoms with Crippen LogP contribution in [0.2, 0.25) is 0 Å². The van der Waals surface area contributed by atoms with E-state index in [0.29, 0.717) is 23.9 Å². The fraction of sp³-hybridized carbons (Fsp3) is 0.417. The van der Waals surface area contributed by atoms with Crippen molar-refractivity contribution in [3.05, 3.63) is 18.2 Å². The van der Waals surface area contributed by atoms with Gasteiger partial charge in [0.1, 0.15) is 5.75 Å². The summed E-state index contributed by atoms with van der Waals surface area (Å²) in [6.07, 6.45) is 0. The van der Waals surface area contributed by atoms with E-state index in [1.54, 1.807) is 4.68 Å². The Labute approximate surface area is 106 Å². The van der Waals surface area contributed by atoms with Crippen LogP contribution in [0.15, 0.2) is 18.2 Å². The van der Waals surface area contributed by atoms with Crippen LogP contribution >= 0.6 is 0 Å². The van der Waals surface area contributed by atoms with Crippen LogP contribution in [0.25, 0.3) is 11.4 Å². The summed E-state index contributed by atoms with van der Waals surface area (Å²) < 4.78 is 7.16. The molecular formula is C12H17N5O. The number of nitrogens with zero attached hydrogens (tertiary/aromatic N) is 4. The van der Waals surface area contributed by atoms with Gasteiger partial charge in [0.2, 0.25) is 0 Å². The maximum absolute atomic E-state index is 5.94. The number of nitrogen functional groups attached to an aromatic ring is 1. The van der Waals surface area contributed by atoms with Crippen molar-refractivity contribution in [2.24, 2.45) is 0 Å². The molecule has 6 nitrogen and oxygen atoms in total. The molecule has 0 radical (unpaired) electrons. The third-order valence-electron chi connectivity index (χ3n) is 2.55. The molecule has 2 rings (SSSR count). The van der Waals surface area contributed by atoms with Crippen molar-refractivity contribution in [2.75, 3.05) is 12.3 Å².